The molecule has 25 heavy (non-hydrogen) atoms. The molecule has 2 aromatic carbocycles. The van der Waals surface area contributed by atoms with Gasteiger partial charge in [0.15, 0.2) is 5.65 Å². The van der Waals surface area contributed by atoms with Crippen molar-refractivity contribution in [1.29, 1.82) is 0 Å². The topological polar surface area (TPSA) is 52.8 Å². The Kier molecular flexibility index (Phi) is 4.23. The van der Waals surface area contributed by atoms with Crippen molar-refractivity contribution in [2.75, 3.05) is 7.11 Å². The molecule has 0 spiro atoms. The maximum Gasteiger partial charge on any atom is 0.211 e. The number of halogens is 1. The monoisotopic (exact) mass is 370 g/mol. The maximum atomic E-state index is 6.21. The number of benzene rings is 2. The summed E-state index contributed by atoms with van der Waals surface area (Å²) in [5, 5.41) is 11.0. The third-order valence-electron chi connectivity index (χ3n) is 4.10. The predicted octanol–water partition coefficient (Wildman–Crippen LogP) is 4.47. The van der Waals surface area contributed by atoms with E-state index >= 15 is 0 Å². The largest absolute Gasteiger partial charge is 0.497 e. The Labute approximate surface area is 154 Å². The lowest BCUT2D eigenvalue weighted by atomic mass is 10.2. The third kappa shape index (κ3) is 2.92. The standard InChI is InChI=1S/C18H15ClN4OS/c1-23-15-8-7-12(24-2)9-13(15)16-17(23)20-18(22-21-16)25-10-11-5-3-4-6-14(11)19/h3-9H,10H2,1-2H3. The second kappa shape index (κ2) is 6.54. The van der Waals surface area contributed by atoms with Crippen molar-refractivity contribution in [2.24, 2.45) is 7.05 Å². The van der Waals surface area contributed by atoms with Crippen LogP contribution in [0.5, 0.6) is 5.75 Å². The number of methoxy groups -OCH3 is 1. The Hall–Kier alpha value is -2.31. The van der Waals surface area contributed by atoms with Crippen LogP contribution in [0.4, 0.5) is 0 Å². The van der Waals surface area contributed by atoms with E-state index in [2.05, 4.69) is 15.2 Å². The Balaban J connectivity index is 1.71. The van der Waals surface area contributed by atoms with Crippen LogP contribution in [0.2, 0.25) is 5.02 Å². The minimum absolute atomic E-state index is 0.630. The van der Waals surface area contributed by atoms with Crippen molar-refractivity contribution in [3.8, 4) is 5.75 Å². The summed E-state index contributed by atoms with van der Waals surface area (Å²) in [6.45, 7) is 0. The summed E-state index contributed by atoms with van der Waals surface area (Å²) in [6, 6.07) is 13.7. The maximum absolute atomic E-state index is 6.21. The molecule has 5 nitrogen and oxygen atoms in total. The van der Waals surface area contributed by atoms with Crippen molar-refractivity contribution in [3.05, 3.63) is 53.1 Å². The molecule has 0 aliphatic carbocycles. The summed E-state index contributed by atoms with van der Waals surface area (Å²) >= 11 is 7.73. The van der Waals surface area contributed by atoms with Crippen LogP contribution in [-0.2, 0) is 12.8 Å². The van der Waals surface area contributed by atoms with Crippen molar-refractivity contribution >= 4 is 45.4 Å². The molecular formula is C18H15ClN4OS. The van der Waals surface area contributed by atoms with Gasteiger partial charge in [-0.2, -0.15) is 0 Å². The van der Waals surface area contributed by atoms with Gasteiger partial charge in [0, 0.05) is 23.2 Å². The summed E-state index contributed by atoms with van der Waals surface area (Å²) in [5.41, 5.74) is 3.68. The number of nitrogens with zero attached hydrogens (tertiary/aromatic N) is 4. The second-order valence-electron chi connectivity index (χ2n) is 5.59. The normalized spacial score (nSPS) is 11.3. The van der Waals surface area contributed by atoms with Crippen molar-refractivity contribution in [2.45, 2.75) is 10.9 Å². The first-order valence-corrected chi connectivity index (χ1v) is 9.07. The molecule has 0 radical (unpaired) electrons. The van der Waals surface area contributed by atoms with Crippen molar-refractivity contribution < 1.29 is 4.74 Å². The number of rotatable bonds is 4. The Morgan fingerprint density at radius 3 is 2.80 bits per heavy atom. The molecule has 0 N–H and O–H groups in total. The Morgan fingerprint density at radius 2 is 2.00 bits per heavy atom. The Bertz CT molecular complexity index is 1080. The number of hydrogen-bond donors (Lipinski definition) is 0. The van der Waals surface area contributed by atoms with Crippen LogP contribution in [0.1, 0.15) is 5.56 Å². The van der Waals surface area contributed by atoms with E-state index in [0.29, 0.717) is 10.9 Å². The molecule has 126 valence electrons. The minimum Gasteiger partial charge on any atom is -0.497 e. The molecule has 0 saturated heterocycles. The van der Waals surface area contributed by atoms with Crippen LogP contribution in [0.15, 0.2) is 47.6 Å². The molecule has 2 heterocycles. The summed E-state index contributed by atoms with van der Waals surface area (Å²) in [4.78, 5) is 4.68. The van der Waals surface area contributed by atoms with Gasteiger partial charge in [0.1, 0.15) is 11.3 Å². The summed E-state index contributed by atoms with van der Waals surface area (Å²) in [5.74, 6) is 1.49. The van der Waals surface area contributed by atoms with Crippen molar-refractivity contribution in [1.82, 2.24) is 19.7 Å². The highest BCUT2D eigenvalue weighted by molar-refractivity contribution is 7.98. The van der Waals surface area contributed by atoms with E-state index in [4.69, 9.17) is 16.3 Å². The quantitative estimate of drug-likeness (QED) is 0.496. The molecule has 0 atom stereocenters. The highest BCUT2D eigenvalue weighted by Gasteiger charge is 2.14. The van der Waals surface area contributed by atoms with Gasteiger partial charge in [-0.1, -0.05) is 41.6 Å². The molecule has 4 aromatic rings. The molecule has 0 fully saturated rings. The lowest BCUT2D eigenvalue weighted by Crippen LogP contribution is -1.96. The van der Waals surface area contributed by atoms with Gasteiger partial charge < -0.3 is 9.30 Å². The molecule has 0 amide bonds. The molecule has 0 aliphatic rings. The molecule has 2 aromatic heterocycles. The SMILES string of the molecule is COc1ccc2c(c1)c1nnc(SCc3ccccc3Cl)nc1n2C. The van der Waals surface area contributed by atoms with Gasteiger partial charge in [0.25, 0.3) is 0 Å². The van der Waals surface area contributed by atoms with E-state index in [-0.39, 0.29) is 0 Å². The number of ether oxygens (including phenoxy) is 1. The first-order chi connectivity index (χ1) is 12.2. The highest BCUT2D eigenvalue weighted by atomic mass is 35.5. The van der Waals surface area contributed by atoms with Gasteiger partial charge in [0.05, 0.1) is 12.6 Å². The first kappa shape index (κ1) is 16.2. The second-order valence-corrected chi connectivity index (χ2v) is 6.94. The lowest BCUT2D eigenvalue weighted by Gasteiger charge is -2.03. The molecule has 7 heteroatoms. The van der Waals surface area contributed by atoms with Gasteiger partial charge >= 0.3 is 0 Å². The van der Waals surface area contributed by atoms with Crippen molar-refractivity contribution in [3.63, 3.8) is 0 Å². The number of fused-ring (bicyclic) bond motifs is 3. The highest BCUT2D eigenvalue weighted by Crippen LogP contribution is 2.30. The number of thioether (sulfide) groups is 1. The molecule has 0 unspecified atom stereocenters. The molecule has 0 aliphatic heterocycles. The first-order valence-electron chi connectivity index (χ1n) is 7.70. The van der Waals surface area contributed by atoms with Gasteiger partial charge in [-0.3, -0.25) is 0 Å². The Morgan fingerprint density at radius 1 is 1.16 bits per heavy atom. The van der Waals surface area contributed by atoms with E-state index < -0.39 is 0 Å². The van der Waals surface area contributed by atoms with Crippen LogP contribution in [0, 0.1) is 0 Å². The number of hydrogen-bond acceptors (Lipinski definition) is 5. The predicted molar refractivity (Wildman–Crippen MR) is 101 cm³/mol. The van der Waals surface area contributed by atoms with Crippen LogP contribution in [0.3, 0.4) is 0 Å². The van der Waals surface area contributed by atoms with E-state index in [9.17, 15) is 0 Å². The summed E-state index contributed by atoms with van der Waals surface area (Å²) < 4.78 is 7.33. The van der Waals surface area contributed by atoms with Crippen LogP contribution in [-0.4, -0.2) is 26.9 Å². The number of aromatic nitrogens is 4. The fourth-order valence-electron chi connectivity index (χ4n) is 2.77. The zero-order valence-corrected chi connectivity index (χ0v) is 15.3. The average molecular weight is 371 g/mol. The molecule has 4 rings (SSSR count). The van der Waals surface area contributed by atoms with Gasteiger partial charge in [-0.15, -0.1) is 10.2 Å². The number of aryl methyl sites for hydroxylation is 1. The van der Waals surface area contributed by atoms with Crippen LogP contribution < -0.4 is 4.74 Å². The van der Waals surface area contributed by atoms with Gasteiger partial charge in [0.2, 0.25) is 5.16 Å². The zero-order chi connectivity index (χ0) is 17.4. The van der Waals surface area contributed by atoms with Gasteiger partial charge in [-0.25, -0.2) is 4.98 Å². The minimum atomic E-state index is 0.630. The smallest absolute Gasteiger partial charge is 0.211 e. The van der Waals surface area contributed by atoms with E-state index in [0.717, 1.165) is 38.4 Å². The van der Waals surface area contributed by atoms with Crippen LogP contribution >= 0.6 is 23.4 Å². The fraction of sp³-hybridized carbons (Fsp3) is 0.167. The average Bonchev–Trinajstić information content (AvgIpc) is 2.92. The molecule has 0 bridgehead atoms. The fourth-order valence-corrected chi connectivity index (χ4v) is 3.84. The third-order valence-corrected chi connectivity index (χ3v) is 5.36. The molecular weight excluding hydrogens is 356 g/mol. The van der Waals surface area contributed by atoms with E-state index in [1.54, 1.807) is 7.11 Å². The summed E-state index contributed by atoms with van der Waals surface area (Å²) in [7, 11) is 3.63. The lowest BCUT2D eigenvalue weighted by molar-refractivity contribution is 0.415. The summed E-state index contributed by atoms with van der Waals surface area (Å²) in [6.07, 6.45) is 0. The van der Waals surface area contributed by atoms with E-state index in [1.165, 1.54) is 11.8 Å². The molecule has 0 saturated carbocycles. The van der Waals surface area contributed by atoms with E-state index in [1.807, 2.05) is 54.1 Å². The zero-order valence-electron chi connectivity index (χ0n) is 13.7. The van der Waals surface area contributed by atoms with Crippen LogP contribution in [0.25, 0.3) is 22.1 Å². The van der Waals surface area contributed by atoms with Gasteiger partial charge in [-0.05, 0) is 29.8 Å².